The van der Waals surface area contributed by atoms with Crippen LogP contribution in [0.15, 0.2) is 54.6 Å². The highest BCUT2D eigenvalue weighted by Crippen LogP contribution is 2.28. The molecule has 0 aliphatic rings. The van der Waals surface area contributed by atoms with Crippen LogP contribution in [0.1, 0.15) is 21.6 Å². The van der Waals surface area contributed by atoms with Crippen molar-refractivity contribution in [3.8, 4) is 11.3 Å². The van der Waals surface area contributed by atoms with Crippen LogP contribution in [-0.2, 0) is 6.54 Å². The number of amides is 1. The number of carbonyl (C=O) groups is 1. The zero-order chi connectivity index (χ0) is 17.3. The van der Waals surface area contributed by atoms with Crippen molar-refractivity contribution in [2.45, 2.75) is 13.5 Å². The lowest BCUT2D eigenvalue weighted by molar-refractivity contribution is 0.0999. The monoisotopic (exact) mass is 358 g/mol. The maximum absolute atomic E-state index is 11.7. The van der Waals surface area contributed by atoms with Gasteiger partial charge in [0, 0.05) is 28.0 Å². The fourth-order valence-electron chi connectivity index (χ4n) is 2.73. The zero-order valence-electron chi connectivity index (χ0n) is 13.1. The van der Waals surface area contributed by atoms with E-state index in [2.05, 4.69) is 4.57 Å². The number of carbonyl (C=O) groups excluding carboxylic acids is 1. The maximum Gasteiger partial charge on any atom is 0.250 e. The van der Waals surface area contributed by atoms with Gasteiger partial charge in [0.05, 0.1) is 5.56 Å². The van der Waals surface area contributed by atoms with E-state index in [1.165, 1.54) is 0 Å². The zero-order valence-corrected chi connectivity index (χ0v) is 14.6. The molecule has 1 heterocycles. The summed E-state index contributed by atoms with van der Waals surface area (Å²) in [5.74, 6) is -0.433. The molecule has 5 heteroatoms. The molecule has 122 valence electrons. The molecule has 1 amide bonds. The third kappa shape index (κ3) is 3.32. The van der Waals surface area contributed by atoms with Crippen LogP contribution < -0.4 is 5.73 Å². The van der Waals surface area contributed by atoms with Gasteiger partial charge in [-0.3, -0.25) is 4.79 Å². The van der Waals surface area contributed by atoms with Crippen molar-refractivity contribution in [2.75, 3.05) is 0 Å². The molecule has 2 N–H and O–H groups in total. The lowest BCUT2D eigenvalue weighted by Crippen LogP contribution is -2.12. The van der Waals surface area contributed by atoms with Crippen molar-refractivity contribution in [3.05, 3.63) is 81.5 Å². The predicted octanol–water partition coefficient (Wildman–Crippen LogP) is 4.92. The van der Waals surface area contributed by atoms with Gasteiger partial charge < -0.3 is 10.3 Å². The fourth-order valence-corrected chi connectivity index (χ4v) is 2.98. The molecular weight excluding hydrogens is 343 g/mol. The first-order valence-corrected chi connectivity index (χ1v) is 8.21. The van der Waals surface area contributed by atoms with E-state index in [1.54, 1.807) is 0 Å². The van der Waals surface area contributed by atoms with Crippen LogP contribution in [0.5, 0.6) is 0 Å². The number of aromatic nitrogens is 1. The van der Waals surface area contributed by atoms with Crippen LogP contribution in [0.25, 0.3) is 11.3 Å². The Balaban J connectivity index is 2.10. The molecule has 0 atom stereocenters. The third-order valence-electron chi connectivity index (χ3n) is 4.03. The van der Waals surface area contributed by atoms with Crippen molar-refractivity contribution < 1.29 is 4.79 Å². The van der Waals surface area contributed by atoms with Crippen LogP contribution in [0.2, 0.25) is 10.0 Å². The van der Waals surface area contributed by atoms with Crippen molar-refractivity contribution in [3.63, 3.8) is 0 Å². The second-order valence-electron chi connectivity index (χ2n) is 5.61. The minimum absolute atomic E-state index is 0.433. The van der Waals surface area contributed by atoms with Gasteiger partial charge >= 0.3 is 0 Å². The molecule has 3 aromatic rings. The molecule has 0 saturated heterocycles. The van der Waals surface area contributed by atoms with E-state index in [1.807, 2.05) is 61.5 Å². The Morgan fingerprint density at radius 1 is 1.00 bits per heavy atom. The van der Waals surface area contributed by atoms with E-state index >= 15 is 0 Å². The Hall–Kier alpha value is -2.23. The normalized spacial score (nSPS) is 10.8. The Morgan fingerprint density at radius 2 is 1.54 bits per heavy atom. The van der Waals surface area contributed by atoms with Crippen molar-refractivity contribution in [1.29, 1.82) is 0 Å². The number of halogens is 2. The lowest BCUT2D eigenvalue weighted by Gasteiger charge is -2.12. The van der Waals surface area contributed by atoms with Crippen LogP contribution in [-0.4, -0.2) is 10.5 Å². The first kappa shape index (κ1) is 16.6. The van der Waals surface area contributed by atoms with Crippen molar-refractivity contribution >= 4 is 29.1 Å². The van der Waals surface area contributed by atoms with Crippen molar-refractivity contribution in [2.24, 2.45) is 5.73 Å². The molecule has 2 aromatic carbocycles. The quantitative estimate of drug-likeness (QED) is 0.706. The average Bonchev–Trinajstić information content (AvgIpc) is 2.88. The highest BCUT2D eigenvalue weighted by atomic mass is 35.5. The molecule has 0 fully saturated rings. The van der Waals surface area contributed by atoms with Crippen LogP contribution in [0.3, 0.4) is 0 Å². The van der Waals surface area contributed by atoms with E-state index in [9.17, 15) is 4.79 Å². The van der Waals surface area contributed by atoms with Gasteiger partial charge in [0.15, 0.2) is 0 Å². The largest absolute Gasteiger partial charge is 0.366 e. The second-order valence-corrected chi connectivity index (χ2v) is 6.49. The Labute approximate surface area is 150 Å². The number of hydrogen-bond acceptors (Lipinski definition) is 1. The summed E-state index contributed by atoms with van der Waals surface area (Å²) in [4.78, 5) is 11.7. The highest BCUT2D eigenvalue weighted by molar-refractivity contribution is 6.30. The molecule has 3 rings (SSSR count). The molecule has 0 radical (unpaired) electrons. The number of benzene rings is 2. The number of primary amides is 1. The molecule has 0 unspecified atom stereocenters. The van der Waals surface area contributed by atoms with Crippen LogP contribution >= 0.6 is 23.2 Å². The Morgan fingerprint density at radius 3 is 2.08 bits per heavy atom. The van der Waals surface area contributed by atoms with E-state index in [0.29, 0.717) is 22.2 Å². The molecule has 0 bridgehead atoms. The number of nitrogens with zero attached hydrogens (tertiary/aromatic N) is 1. The first-order valence-electron chi connectivity index (χ1n) is 7.46. The van der Waals surface area contributed by atoms with E-state index in [4.69, 9.17) is 28.9 Å². The summed E-state index contributed by atoms with van der Waals surface area (Å²) < 4.78 is 2.08. The summed E-state index contributed by atoms with van der Waals surface area (Å²) in [6.07, 6.45) is 0. The fraction of sp³-hybridized carbons (Fsp3) is 0.105. The molecular formula is C19H16Cl2N2O. The SMILES string of the molecule is Cc1c(C(N)=O)cc(-c2ccc(Cl)cc2)n1Cc1ccc(Cl)cc1. The van der Waals surface area contributed by atoms with Crippen LogP contribution in [0, 0.1) is 6.92 Å². The third-order valence-corrected chi connectivity index (χ3v) is 4.53. The van der Waals surface area contributed by atoms with Crippen LogP contribution in [0.4, 0.5) is 0 Å². The summed E-state index contributed by atoms with van der Waals surface area (Å²) >= 11 is 11.9. The molecule has 0 saturated carbocycles. The Bertz CT molecular complexity index is 881. The summed E-state index contributed by atoms with van der Waals surface area (Å²) in [5, 5.41) is 1.36. The predicted molar refractivity (Wildman–Crippen MR) is 98.7 cm³/mol. The van der Waals surface area contributed by atoms with Gasteiger partial charge in [0.25, 0.3) is 5.91 Å². The van der Waals surface area contributed by atoms with Gasteiger partial charge in [-0.25, -0.2) is 0 Å². The minimum Gasteiger partial charge on any atom is -0.366 e. The standard InChI is InChI=1S/C19H16Cl2N2O/c1-12-17(19(22)24)10-18(14-4-8-16(21)9-5-14)23(12)11-13-2-6-15(20)7-3-13/h2-10H,11H2,1H3,(H2,22,24). The summed E-state index contributed by atoms with van der Waals surface area (Å²) in [6.45, 7) is 2.52. The highest BCUT2D eigenvalue weighted by Gasteiger charge is 2.17. The summed E-state index contributed by atoms with van der Waals surface area (Å²) in [5.41, 5.74) is 9.87. The number of rotatable bonds is 4. The molecule has 0 aliphatic heterocycles. The minimum atomic E-state index is -0.433. The van der Waals surface area contributed by atoms with Gasteiger partial charge in [-0.2, -0.15) is 0 Å². The molecule has 1 aromatic heterocycles. The topological polar surface area (TPSA) is 48.0 Å². The first-order chi connectivity index (χ1) is 11.5. The second kappa shape index (κ2) is 6.71. The van der Waals surface area contributed by atoms with Gasteiger partial charge in [0.1, 0.15) is 0 Å². The average molecular weight is 359 g/mol. The maximum atomic E-state index is 11.7. The van der Waals surface area contributed by atoms with E-state index < -0.39 is 5.91 Å². The lowest BCUT2D eigenvalue weighted by atomic mass is 10.1. The smallest absolute Gasteiger partial charge is 0.250 e. The Kier molecular flexibility index (Phi) is 4.65. The van der Waals surface area contributed by atoms with Crippen molar-refractivity contribution in [1.82, 2.24) is 4.57 Å². The van der Waals surface area contributed by atoms with Gasteiger partial charge in [-0.05, 0) is 48.4 Å². The van der Waals surface area contributed by atoms with Gasteiger partial charge in [-0.1, -0.05) is 47.5 Å². The molecule has 0 spiro atoms. The molecule has 3 nitrogen and oxygen atoms in total. The number of hydrogen-bond donors (Lipinski definition) is 1. The van der Waals surface area contributed by atoms with Gasteiger partial charge in [-0.15, -0.1) is 0 Å². The van der Waals surface area contributed by atoms with E-state index in [-0.39, 0.29) is 0 Å². The summed E-state index contributed by atoms with van der Waals surface area (Å²) in [6, 6.07) is 17.0. The molecule has 0 aliphatic carbocycles. The molecule has 24 heavy (non-hydrogen) atoms. The summed E-state index contributed by atoms with van der Waals surface area (Å²) in [7, 11) is 0. The van der Waals surface area contributed by atoms with E-state index in [0.717, 1.165) is 22.5 Å². The number of nitrogens with two attached hydrogens (primary N) is 1. The van der Waals surface area contributed by atoms with Gasteiger partial charge in [0.2, 0.25) is 0 Å².